The topological polar surface area (TPSA) is 58.6 Å². The molecule has 136 valence electrons. The quantitative estimate of drug-likeness (QED) is 0.704. The molecular weight excluding hydrogens is 404 g/mol. The molecule has 1 atom stereocenters. The first-order valence-electron chi connectivity index (χ1n) is 7.87. The van der Waals surface area contributed by atoms with E-state index in [0.29, 0.717) is 16.8 Å². The van der Waals surface area contributed by atoms with Gasteiger partial charge >= 0.3 is 0 Å². The van der Waals surface area contributed by atoms with Crippen molar-refractivity contribution in [2.24, 2.45) is 0 Å². The number of hydrogen-bond acceptors (Lipinski definition) is 4. The van der Waals surface area contributed by atoms with Crippen LogP contribution in [0.2, 0.25) is 0 Å². The van der Waals surface area contributed by atoms with E-state index in [1.807, 2.05) is 49.3 Å². The molecule has 0 saturated carbocycles. The van der Waals surface area contributed by atoms with E-state index in [4.69, 9.17) is 4.74 Å². The number of hydrogen-bond donors (Lipinski definition) is 1. The summed E-state index contributed by atoms with van der Waals surface area (Å²) in [5, 5.41) is 0. The lowest BCUT2D eigenvalue weighted by molar-refractivity contribution is 0.291. The third-order valence-electron chi connectivity index (χ3n) is 3.97. The van der Waals surface area contributed by atoms with E-state index in [0.717, 1.165) is 6.42 Å². The highest BCUT2D eigenvalue weighted by Gasteiger charge is 2.22. The van der Waals surface area contributed by atoms with Crippen molar-refractivity contribution in [1.82, 2.24) is 9.62 Å². The standard InChI is InChI=1S/C18H23BrN2O3S/c1-21(2)16(11-14-7-5-4-6-8-14)13-20-25(22,23)18-12-15(19)9-10-17(18)24-3/h4-10,12,16,20H,11,13H2,1-3H3. The summed E-state index contributed by atoms with van der Waals surface area (Å²) in [6, 6.07) is 15.0. The van der Waals surface area contributed by atoms with Gasteiger partial charge in [-0.2, -0.15) is 0 Å². The highest BCUT2D eigenvalue weighted by Crippen LogP contribution is 2.27. The van der Waals surface area contributed by atoms with Gasteiger partial charge in [-0.25, -0.2) is 13.1 Å². The molecule has 1 unspecified atom stereocenters. The molecule has 0 aromatic heterocycles. The number of halogens is 1. The fraction of sp³-hybridized carbons (Fsp3) is 0.333. The van der Waals surface area contributed by atoms with Crippen molar-refractivity contribution >= 4 is 26.0 Å². The van der Waals surface area contributed by atoms with Gasteiger partial charge in [-0.15, -0.1) is 0 Å². The average molecular weight is 427 g/mol. The molecule has 0 fully saturated rings. The van der Waals surface area contributed by atoms with E-state index in [-0.39, 0.29) is 10.9 Å². The second-order valence-corrected chi connectivity index (χ2v) is 8.61. The molecule has 0 bridgehead atoms. The van der Waals surface area contributed by atoms with E-state index in [9.17, 15) is 8.42 Å². The molecule has 25 heavy (non-hydrogen) atoms. The minimum Gasteiger partial charge on any atom is -0.495 e. The summed E-state index contributed by atoms with van der Waals surface area (Å²) >= 11 is 3.31. The van der Waals surface area contributed by atoms with Crippen LogP contribution in [0.4, 0.5) is 0 Å². The summed E-state index contributed by atoms with van der Waals surface area (Å²) in [5.74, 6) is 0.320. The van der Waals surface area contributed by atoms with Crippen molar-refractivity contribution in [3.05, 3.63) is 58.6 Å². The number of likely N-dealkylation sites (N-methyl/N-ethyl adjacent to an activating group) is 1. The maximum atomic E-state index is 12.7. The van der Waals surface area contributed by atoms with E-state index in [1.165, 1.54) is 12.7 Å². The summed E-state index contributed by atoms with van der Waals surface area (Å²) in [6.45, 7) is 0.305. The van der Waals surface area contributed by atoms with Crippen LogP contribution in [0.1, 0.15) is 5.56 Å². The Bertz CT molecular complexity index is 795. The van der Waals surface area contributed by atoms with Gasteiger partial charge < -0.3 is 9.64 Å². The SMILES string of the molecule is COc1ccc(Br)cc1S(=O)(=O)NCC(Cc1ccccc1)N(C)C. The summed E-state index contributed by atoms with van der Waals surface area (Å²) in [6.07, 6.45) is 0.756. The van der Waals surface area contributed by atoms with Gasteiger partial charge in [0.15, 0.2) is 0 Å². The van der Waals surface area contributed by atoms with E-state index < -0.39 is 10.0 Å². The molecule has 0 aliphatic rings. The Morgan fingerprint density at radius 3 is 2.44 bits per heavy atom. The second kappa shape index (κ2) is 8.80. The van der Waals surface area contributed by atoms with Crippen LogP contribution in [0, 0.1) is 0 Å². The lowest BCUT2D eigenvalue weighted by atomic mass is 10.1. The van der Waals surface area contributed by atoms with Gasteiger partial charge in [-0.3, -0.25) is 0 Å². The molecule has 2 rings (SSSR count). The Morgan fingerprint density at radius 2 is 1.84 bits per heavy atom. The fourth-order valence-electron chi connectivity index (χ4n) is 2.47. The Morgan fingerprint density at radius 1 is 1.16 bits per heavy atom. The van der Waals surface area contributed by atoms with Gasteiger partial charge in [-0.1, -0.05) is 46.3 Å². The van der Waals surface area contributed by atoms with Gasteiger partial charge in [-0.05, 0) is 44.3 Å². The van der Waals surface area contributed by atoms with Crippen LogP contribution in [0.25, 0.3) is 0 Å². The molecule has 1 N–H and O–H groups in total. The van der Waals surface area contributed by atoms with Crippen molar-refractivity contribution in [1.29, 1.82) is 0 Å². The average Bonchev–Trinajstić information content (AvgIpc) is 2.59. The molecule has 0 heterocycles. The van der Waals surface area contributed by atoms with Crippen molar-refractivity contribution in [2.75, 3.05) is 27.7 Å². The number of ether oxygens (including phenoxy) is 1. The summed E-state index contributed by atoms with van der Waals surface area (Å²) in [5.41, 5.74) is 1.17. The Hall–Kier alpha value is -1.41. The number of benzene rings is 2. The predicted molar refractivity (Wildman–Crippen MR) is 104 cm³/mol. The minimum absolute atomic E-state index is 0.0373. The van der Waals surface area contributed by atoms with Crippen molar-refractivity contribution in [3.63, 3.8) is 0 Å². The van der Waals surface area contributed by atoms with E-state index in [2.05, 4.69) is 20.7 Å². The molecule has 2 aromatic carbocycles. The molecule has 0 spiro atoms. The molecule has 0 aliphatic carbocycles. The zero-order valence-corrected chi connectivity index (χ0v) is 17.0. The number of rotatable bonds is 8. The lowest BCUT2D eigenvalue weighted by Gasteiger charge is -2.25. The zero-order valence-electron chi connectivity index (χ0n) is 14.6. The molecule has 7 heteroatoms. The van der Waals surface area contributed by atoms with E-state index in [1.54, 1.807) is 18.2 Å². The van der Waals surface area contributed by atoms with Crippen LogP contribution < -0.4 is 9.46 Å². The normalized spacial score (nSPS) is 13.0. The van der Waals surface area contributed by atoms with Crippen LogP contribution in [0.15, 0.2) is 57.9 Å². The third-order valence-corrected chi connectivity index (χ3v) is 5.91. The first kappa shape index (κ1) is 19.9. The highest BCUT2D eigenvalue weighted by atomic mass is 79.9. The van der Waals surface area contributed by atoms with Crippen LogP contribution in [0.5, 0.6) is 5.75 Å². The number of sulfonamides is 1. The van der Waals surface area contributed by atoms with Crippen LogP contribution in [-0.4, -0.2) is 47.1 Å². The van der Waals surface area contributed by atoms with Crippen molar-refractivity contribution in [3.8, 4) is 5.75 Å². The molecule has 0 radical (unpaired) electrons. The smallest absolute Gasteiger partial charge is 0.244 e. The molecule has 5 nitrogen and oxygen atoms in total. The van der Waals surface area contributed by atoms with Crippen molar-refractivity contribution in [2.45, 2.75) is 17.4 Å². The van der Waals surface area contributed by atoms with Gasteiger partial charge in [0.25, 0.3) is 0 Å². The van der Waals surface area contributed by atoms with Crippen LogP contribution in [0.3, 0.4) is 0 Å². The van der Waals surface area contributed by atoms with Gasteiger partial charge in [0, 0.05) is 17.1 Å². The molecule has 0 saturated heterocycles. The summed E-state index contributed by atoms with van der Waals surface area (Å²) in [4.78, 5) is 2.15. The number of nitrogens with one attached hydrogen (secondary N) is 1. The fourth-order valence-corrected chi connectivity index (χ4v) is 4.25. The Balaban J connectivity index is 2.15. The van der Waals surface area contributed by atoms with Crippen LogP contribution >= 0.6 is 15.9 Å². The Kier molecular flexibility index (Phi) is 7.01. The van der Waals surface area contributed by atoms with Gasteiger partial charge in [0.05, 0.1) is 7.11 Å². The summed E-state index contributed by atoms with van der Waals surface area (Å²) in [7, 11) is 1.67. The number of methoxy groups -OCH3 is 1. The molecule has 0 aliphatic heterocycles. The lowest BCUT2D eigenvalue weighted by Crippen LogP contribution is -2.41. The Labute approximate surface area is 158 Å². The minimum atomic E-state index is -3.68. The maximum Gasteiger partial charge on any atom is 0.244 e. The highest BCUT2D eigenvalue weighted by molar-refractivity contribution is 9.10. The predicted octanol–water partition coefficient (Wildman–Crippen LogP) is 2.91. The van der Waals surface area contributed by atoms with Crippen molar-refractivity contribution < 1.29 is 13.2 Å². The first-order chi connectivity index (χ1) is 11.8. The zero-order chi connectivity index (χ0) is 18.4. The molecule has 0 amide bonds. The third kappa shape index (κ3) is 5.54. The molecule has 2 aromatic rings. The van der Waals surface area contributed by atoms with E-state index >= 15 is 0 Å². The second-order valence-electron chi connectivity index (χ2n) is 5.95. The summed E-state index contributed by atoms with van der Waals surface area (Å²) < 4.78 is 34.0. The van der Waals surface area contributed by atoms with Gasteiger partial charge in [0.2, 0.25) is 10.0 Å². The van der Waals surface area contributed by atoms with Gasteiger partial charge in [0.1, 0.15) is 10.6 Å². The first-order valence-corrected chi connectivity index (χ1v) is 10.1. The number of nitrogens with zero attached hydrogens (tertiary/aromatic N) is 1. The largest absolute Gasteiger partial charge is 0.495 e. The maximum absolute atomic E-state index is 12.7. The van der Waals surface area contributed by atoms with Crippen LogP contribution in [-0.2, 0) is 16.4 Å². The monoisotopic (exact) mass is 426 g/mol. The molecular formula is C18H23BrN2O3S.